The second kappa shape index (κ2) is 6.45. The highest BCUT2D eigenvalue weighted by Crippen LogP contribution is 2.24. The summed E-state index contributed by atoms with van der Waals surface area (Å²) in [4.78, 5) is 6.97. The van der Waals surface area contributed by atoms with Gasteiger partial charge in [-0.3, -0.25) is 0 Å². The summed E-state index contributed by atoms with van der Waals surface area (Å²) in [5, 5.41) is 4.41. The van der Waals surface area contributed by atoms with Crippen molar-refractivity contribution in [2.45, 2.75) is 32.7 Å². The number of aromatic nitrogens is 2. The summed E-state index contributed by atoms with van der Waals surface area (Å²) < 4.78 is 9.99. The molecular weight excluding hydrogens is 248 g/mol. The van der Waals surface area contributed by atoms with Gasteiger partial charge in [0.15, 0.2) is 0 Å². The largest absolute Gasteiger partial charge is 0.377 e. The Morgan fingerprint density at radius 3 is 3.06 bits per heavy atom. The zero-order chi connectivity index (χ0) is 13.0. The van der Waals surface area contributed by atoms with Crippen molar-refractivity contribution in [2.24, 2.45) is 0 Å². The Kier molecular flexibility index (Phi) is 4.91. The van der Waals surface area contributed by atoms with Gasteiger partial charge in [-0.1, -0.05) is 20.8 Å². The van der Waals surface area contributed by atoms with E-state index in [2.05, 4.69) is 40.3 Å². The first-order valence-corrected chi connectivity index (χ1v) is 7.38. The van der Waals surface area contributed by atoms with Crippen LogP contribution in [0.25, 0.3) is 0 Å². The van der Waals surface area contributed by atoms with Crippen LogP contribution >= 0.6 is 11.5 Å². The lowest BCUT2D eigenvalue weighted by Gasteiger charge is -2.35. The first-order chi connectivity index (χ1) is 8.72. The molecule has 6 heteroatoms. The third-order valence-corrected chi connectivity index (χ3v) is 3.82. The highest BCUT2D eigenvalue weighted by Gasteiger charge is 2.25. The van der Waals surface area contributed by atoms with Crippen LogP contribution in [0.5, 0.6) is 0 Å². The zero-order valence-electron chi connectivity index (χ0n) is 11.3. The molecule has 1 aliphatic rings. The molecule has 5 nitrogen and oxygen atoms in total. The van der Waals surface area contributed by atoms with Crippen molar-refractivity contribution in [3.8, 4) is 0 Å². The predicted octanol–water partition coefficient (Wildman–Crippen LogP) is 1.48. The summed E-state index contributed by atoms with van der Waals surface area (Å²) in [5.41, 5.74) is 0. The van der Waals surface area contributed by atoms with Crippen molar-refractivity contribution in [1.82, 2.24) is 14.7 Å². The van der Waals surface area contributed by atoms with Crippen LogP contribution in [0.3, 0.4) is 0 Å². The molecule has 1 unspecified atom stereocenters. The number of rotatable bonds is 5. The molecule has 1 fully saturated rings. The van der Waals surface area contributed by atoms with Gasteiger partial charge in [0, 0.05) is 30.5 Å². The lowest BCUT2D eigenvalue weighted by atomic mass is 10.2. The molecule has 1 aromatic rings. The molecule has 0 radical (unpaired) electrons. The van der Waals surface area contributed by atoms with Crippen LogP contribution in [0.15, 0.2) is 0 Å². The maximum absolute atomic E-state index is 5.56. The van der Waals surface area contributed by atoms with E-state index in [1.807, 2.05) is 0 Å². The lowest BCUT2D eigenvalue weighted by molar-refractivity contribution is 0.0939. The number of hydrogen-bond donors (Lipinski definition) is 1. The van der Waals surface area contributed by atoms with Crippen LogP contribution < -0.4 is 10.2 Å². The second-order valence-electron chi connectivity index (χ2n) is 4.82. The molecular formula is C12H22N4OS. The highest BCUT2D eigenvalue weighted by molar-refractivity contribution is 7.09. The maximum atomic E-state index is 5.56. The molecule has 1 saturated heterocycles. The van der Waals surface area contributed by atoms with E-state index in [0.717, 1.165) is 43.8 Å². The van der Waals surface area contributed by atoms with Gasteiger partial charge < -0.3 is 15.0 Å². The third-order valence-electron chi connectivity index (χ3n) is 3.05. The fraction of sp³-hybridized carbons (Fsp3) is 0.833. The standard InChI is InChI=1S/C12H22N4OS/c1-4-13-7-10-8-17-6-5-16(10)12-14-11(9(2)3)15-18-12/h9-10,13H,4-8H2,1-3H3. The second-order valence-corrected chi connectivity index (χ2v) is 5.55. The fourth-order valence-corrected chi connectivity index (χ4v) is 2.87. The van der Waals surface area contributed by atoms with Crippen molar-refractivity contribution >= 4 is 16.7 Å². The summed E-state index contributed by atoms with van der Waals surface area (Å²) in [6.45, 7) is 10.7. The Morgan fingerprint density at radius 2 is 2.39 bits per heavy atom. The van der Waals surface area contributed by atoms with E-state index in [0.29, 0.717) is 12.0 Å². The summed E-state index contributed by atoms with van der Waals surface area (Å²) in [6, 6.07) is 0.367. The van der Waals surface area contributed by atoms with Crippen molar-refractivity contribution in [3.05, 3.63) is 5.82 Å². The molecule has 2 heterocycles. The van der Waals surface area contributed by atoms with E-state index in [4.69, 9.17) is 4.74 Å². The van der Waals surface area contributed by atoms with Crippen LogP contribution in [-0.4, -0.2) is 48.2 Å². The smallest absolute Gasteiger partial charge is 0.205 e. The zero-order valence-corrected chi connectivity index (χ0v) is 12.2. The number of hydrogen-bond acceptors (Lipinski definition) is 6. The van der Waals surface area contributed by atoms with Gasteiger partial charge in [-0.2, -0.15) is 4.37 Å². The van der Waals surface area contributed by atoms with E-state index in [1.54, 1.807) is 0 Å². The SMILES string of the molecule is CCNCC1COCCN1c1nc(C(C)C)ns1. The van der Waals surface area contributed by atoms with Crippen LogP contribution in [-0.2, 0) is 4.74 Å². The third kappa shape index (κ3) is 3.18. The number of nitrogens with one attached hydrogen (secondary N) is 1. The van der Waals surface area contributed by atoms with Crippen molar-refractivity contribution in [3.63, 3.8) is 0 Å². The van der Waals surface area contributed by atoms with Gasteiger partial charge in [0.05, 0.1) is 19.3 Å². The molecule has 18 heavy (non-hydrogen) atoms. The summed E-state index contributed by atoms with van der Waals surface area (Å²) >= 11 is 1.50. The van der Waals surface area contributed by atoms with E-state index < -0.39 is 0 Å². The molecule has 1 aliphatic heterocycles. The summed E-state index contributed by atoms with van der Waals surface area (Å²) in [6.07, 6.45) is 0. The van der Waals surface area contributed by atoms with Crippen LogP contribution in [0.2, 0.25) is 0 Å². The van der Waals surface area contributed by atoms with Crippen LogP contribution in [0, 0.1) is 0 Å². The molecule has 1 N–H and O–H groups in total. The number of likely N-dealkylation sites (N-methyl/N-ethyl adjacent to an activating group) is 1. The number of morpholine rings is 1. The molecule has 0 aromatic carbocycles. The monoisotopic (exact) mass is 270 g/mol. The minimum absolute atomic E-state index is 0.367. The van der Waals surface area contributed by atoms with E-state index in [1.165, 1.54) is 11.5 Å². The van der Waals surface area contributed by atoms with Gasteiger partial charge in [-0.05, 0) is 6.54 Å². The van der Waals surface area contributed by atoms with Crippen LogP contribution in [0.4, 0.5) is 5.13 Å². The Morgan fingerprint density at radius 1 is 1.56 bits per heavy atom. The summed E-state index contributed by atoms with van der Waals surface area (Å²) in [5.74, 6) is 1.34. The number of anilines is 1. The number of nitrogens with zero attached hydrogens (tertiary/aromatic N) is 3. The molecule has 0 aliphatic carbocycles. The number of ether oxygens (including phenoxy) is 1. The van der Waals surface area contributed by atoms with E-state index >= 15 is 0 Å². The average molecular weight is 270 g/mol. The molecule has 1 aromatic heterocycles. The first-order valence-electron chi connectivity index (χ1n) is 6.61. The molecule has 102 valence electrons. The normalized spacial score (nSPS) is 20.7. The van der Waals surface area contributed by atoms with Gasteiger partial charge in [0.25, 0.3) is 0 Å². The fourth-order valence-electron chi connectivity index (χ4n) is 1.96. The van der Waals surface area contributed by atoms with Crippen LogP contribution in [0.1, 0.15) is 32.5 Å². The molecule has 1 atom stereocenters. The Labute approximate surface area is 113 Å². The maximum Gasteiger partial charge on any atom is 0.205 e. The minimum atomic E-state index is 0.367. The molecule has 0 saturated carbocycles. The lowest BCUT2D eigenvalue weighted by Crippen LogP contribution is -2.50. The van der Waals surface area contributed by atoms with Gasteiger partial charge in [0.2, 0.25) is 5.13 Å². The van der Waals surface area contributed by atoms with Crippen molar-refractivity contribution < 1.29 is 4.74 Å². The van der Waals surface area contributed by atoms with E-state index in [-0.39, 0.29) is 0 Å². The Bertz CT molecular complexity index is 369. The van der Waals surface area contributed by atoms with Gasteiger partial charge in [0.1, 0.15) is 5.82 Å². The minimum Gasteiger partial charge on any atom is -0.377 e. The molecule has 0 amide bonds. The highest BCUT2D eigenvalue weighted by atomic mass is 32.1. The quantitative estimate of drug-likeness (QED) is 0.878. The molecule has 0 bridgehead atoms. The topological polar surface area (TPSA) is 50.3 Å². The first kappa shape index (κ1) is 13.7. The van der Waals surface area contributed by atoms with Gasteiger partial charge in [-0.25, -0.2) is 4.98 Å². The van der Waals surface area contributed by atoms with Gasteiger partial charge in [-0.15, -0.1) is 0 Å². The van der Waals surface area contributed by atoms with Gasteiger partial charge >= 0.3 is 0 Å². The average Bonchev–Trinajstić information content (AvgIpc) is 2.86. The Balaban J connectivity index is 2.06. The Hall–Kier alpha value is -0.720. The molecule has 2 rings (SSSR count). The predicted molar refractivity (Wildman–Crippen MR) is 74.5 cm³/mol. The summed E-state index contributed by atoms with van der Waals surface area (Å²) in [7, 11) is 0. The van der Waals surface area contributed by atoms with E-state index in [9.17, 15) is 0 Å². The molecule has 0 spiro atoms. The van der Waals surface area contributed by atoms with Crippen molar-refractivity contribution in [1.29, 1.82) is 0 Å². The van der Waals surface area contributed by atoms with Crippen molar-refractivity contribution in [2.75, 3.05) is 37.7 Å².